The highest BCUT2D eigenvalue weighted by Crippen LogP contribution is 2.27. The molecule has 0 unspecified atom stereocenters. The summed E-state index contributed by atoms with van der Waals surface area (Å²) >= 11 is 0. The third-order valence-electron chi connectivity index (χ3n) is 4.18. The Balaban J connectivity index is 1.80. The second-order valence-electron chi connectivity index (χ2n) is 6.08. The van der Waals surface area contributed by atoms with Crippen molar-refractivity contribution in [2.45, 2.75) is 26.2 Å². The highest BCUT2D eigenvalue weighted by Gasteiger charge is 2.14. The monoisotopic (exact) mass is 352 g/mol. The smallest absolute Gasteiger partial charge is 0.343 e. The van der Waals surface area contributed by atoms with Crippen molar-refractivity contribution in [3.05, 3.63) is 75.6 Å². The Bertz CT molecular complexity index is 970. The lowest BCUT2D eigenvalue weighted by Gasteiger charge is -2.07. The maximum absolute atomic E-state index is 12.2. The quantitative estimate of drug-likeness (QED) is 0.411. The number of carbonyl (C=O) groups excluding carboxylic acids is 1. The standard InChI is InChI=1S/C21H20O5/c1-2-3-12-25-20(23)15-10-8-14(9-11-15)13-17-19(22)16-6-4-5-7-18(16)26-21(17)24/h4-11,22H,2-3,12-13H2,1H3. The average molecular weight is 352 g/mol. The van der Waals surface area contributed by atoms with E-state index in [0.29, 0.717) is 23.1 Å². The fourth-order valence-electron chi connectivity index (χ4n) is 2.68. The Kier molecular flexibility index (Phi) is 5.37. The van der Waals surface area contributed by atoms with Crippen LogP contribution in [0.15, 0.2) is 57.7 Å². The Labute approximate surface area is 150 Å². The van der Waals surface area contributed by atoms with E-state index < -0.39 is 5.63 Å². The van der Waals surface area contributed by atoms with Crippen molar-refractivity contribution >= 4 is 16.9 Å². The van der Waals surface area contributed by atoms with Gasteiger partial charge in [0, 0.05) is 6.42 Å². The van der Waals surface area contributed by atoms with E-state index in [4.69, 9.17) is 9.15 Å². The maximum Gasteiger partial charge on any atom is 0.343 e. The molecule has 5 nitrogen and oxygen atoms in total. The van der Waals surface area contributed by atoms with Crippen LogP contribution in [-0.2, 0) is 11.2 Å². The summed E-state index contributed by atoms with van der Waals surface area (Å²) in [7, 11) is 0. The molecule has 0 fully saturated rings. The Hall–Kier alpha value is -3.08. The van der Waals surface area contributed by atoms with Gasteiger partial charge < -0.3 is 14.3 Å². The van der Waals surface area contributed by atoms with Gasteiger partial charge in [-0.2, -0.15) is 0 Å². The van der Waals surface area contributed by atoms with Crippen molar-refractivity contribution in [2.75, 3.05) is 6.61 Å². The van der Waals surface area contributed by atoms with Crippen LogP contribution in [0.3, 0.4) is 0 Å². The van der Waals surface area contributed by atoms with Crippen molar-refractivity contribution in [3.63, 3.8) is 0 Å². The molecule has 0 radical (unpaired) electrons. The normalized spacial score (nSPS) is 10.8. The third-order valence-corrected chi connectivity index (χ3v) is 4.18. The zero-order valence-electron chi connectivity index (χ0n) is 14.5. The van der Waals surface area contributed by atoms with Crippen LogP contribution in [0.4, 0.5) is 0 Å². The maximum atomic E-state index is 12.2. The van der Waals surface area contributed by atoms with Crippen LogP contribution in [-0.4, -0.2) is 17.7 Å². The van der Waals surface area contributed by atoms with Gasteiger partial charge in [-0.25, -0.2) is 9.59 Å². The predicted molar refractivity (Wildman–Crippen MR) is 98.6 cm³/mol. The van der Waals surface area contributed by atoms with Gasteiger partial charge in [0.25, 0.3) is 0 Å². The largest absolute Gasteiger partial charge is 0.507 e. The topological polar surface area (TPSA) is 76.7 Å². The highest BCUT2D eigenvalue weighted by atomic mass is 16.5. The van der Waals surface area contributed by atoms with Crippen molar-refractivity contribution in [3.8, 4) is 5.75 Å². The highest BCUT2D eigenvalue weighted by molar-refractivity contribution is 5.89. The van der Waals surface area contributed by atoms with E-state index in [-0.39, 0.29) is 23.7 Å². The minimum atomic E-state index is -0.566. The van der Waals surface area contributed by atoms with E-state index in [2.05, 4.69) is 0 Å². The molecule has 3 rings (SSSR count). The van der Waals surface area contributed by atoms with Crippen LogP contribution < -0.4 is 5.63 Å². The Morgan fingerprint density at radius 1 is 1.12 bits per heavy atom. The molecule has 1 N–H and O–H groups in total. The SMILES string of the molecule is CCCCOC(=O)c1ccc(Cc2c(O)c3ccccc3oc2=O)cc1. The summed E-state index contributed by atoms with van der Waals surface area (Å²) in [5.41, 5.74) is 1.22. The Morgan fingerprint density at radius 3 is 2.58 bits per heavy atom. The number of esters is 1. The van der Waals surface area contributed by atoms with E-state index in [0.717, 1.165) is 18.4 Å². The molecule has 26 heavy (non-hydrogen) atoms. The van der Waals surface area contributed by atoms with Gasteiger partial charge in [-0.15, -0.1) is 0 Å². The van der Waals surface area contributed by atoms with Gasteiger partial charge >= 0.3 is 11.6 Å². The Morgan fingerprint density at radius 2 is 1.85 bits per heavy atom. The molecule has 5 heteroatoms. The summed E-state index contributed by atoms with van der Waals surface area (Å²) in [4.78, 5) is 24.1. The van der Waals surface area contributed by atoms with E-state index in [1.165, 1.54) is 0 Å². The van der Waals surface area contributed by atoms with Crippen LogP contribution in [0, 0.1) is 0 Å². The van der Waals surface area contributed by atoms with Crippen LogP contribution in [0.5, 0.6) is 5.75 Å². The number of benzene rings is 2. The molecule has 134 valence electrons. The van der Waals surface area contributed by atoms with Crippen LogP contribution in [0.1, 0.15) is 41.3 Å². The average Bonchev–Trinajstić information content (AvgIpc) is 2.66. The zero-order chi connectivity index (χ0) is 18.5. The second kappa shape index (κ2) is 7.87. The summed E-state index contributed by atoms with van der Waals surface area (Å²) in [5.74, 6) is -0.432. The summed E-state index contributed by atoms with van der Waals surface area (Å²) in [6, 6.07) is 13.6. The van der Waals surface area contributed by atoms with Gasteiger partial charge in [-0.05, 0) is 36.2 Å². The summed E-state index contributed by atoms with van der Waals surface area (Å²) in [6.45, 7) is 2.44. The minimum Gasteiger partial charge on any atom is -0.507 e. The fraction of sp³-hybridized carbons (Fsp3) is 0.238. The molecule has 0 bridgehead atoms. The summed E-state index contributed by atoms with van der Waals surface area (Å²) in [6.07, 6.45) is 2.01. The minimum absolute atomic E-state index is 0.0695. The van der Waals surface area contributed by atoms with E-state index in [9.17, 15) is 14.7 Å². The summed E-state index contributed by atoms with van der Waals surface area (Å²) in [5, 5.41) is 10.9. The van der Waals surface area contributed by atoms with Crippen LogP contribution in [0.2, 0.25) is 0 Å². The third kappa shape index (κ3) is 3.77. The lowest BCUT2D eigenvalue weighted by atomic mass is 10.0. The second-order valence-corrected chi connectivity index (χ2v) is 6.08. The van der Waals surface area contributed by atoms with Crippen molar-refractivity contribution in [1.29, 1.82) is 0 Å². The molecule has 0 aliphatic carbocycles. The van der Waals surface area contributed by atoms with E-state index in [1.54, 1.807) is 48.5 Å². The summed E-state index contributed by atoms with van der Waals surface area (Å²) < 4.78 is 10.4. The molecule has 1 aromatic heterocycles. The van der Waals surface area contributed by atoms with Gasteiger partial charge in [0.15, 0.2) is 0 Å². The number of fused-ring (bicyclic) bond motifs is 1. The lowest BCUT2D eigenvalue weighted by molar-refractivity contribution is 0.0499. The van der Waals surface area contributed by atoms with E-state index >= 15 is 0 Å². The van der Waals surface area contributed by atoms with Crippen molar-refractivity contribution in [1.82, 2.24) is 0 Å². The first-order valence-corrected chi connectivity index (χ1v) is 8.60. The lowest BCUT2D eigenvalue weighted by Crippen LogP contribution is -2.09. The molecule has 0 aliphatic rings. The number of ether oxygens (including phenoxy) is 1. The van der Waals surface area contributed by atoms with Gasteiger partial charge in [0.1, 0.15) is 11.3 Å². The molecule has 0 aliphatic heterocycles. The number of rotatable bonds is 6. The molecule has 0 amide bonds. The number of hydrogen-bond acceptors (Lipinski definition) is 5. The van der Waals surface area contributed by atoms with Gasteiger partial charge in [-0.3, -0.25) is 0 Å². The van der Waals surface area contributed by atoms with Crippen LogP contribution >= 0.6 is 0 Å². The molecule has 1 heterocycles. The fourth-order valence-corrected chi connectivity index (χ4v) is 2.68. The van der Waals surface area contributed by atoms with Gasteiger partial charge in [0.05, 0.1) is 23.1 Å². The van der Waals surface area contributed by atoms with Crippen molar-refractivity contribution < 1.29 is 19.1 Å². The molecule has 0 spiro atoms. The number of hydrogen-bond donors (Lipinski definition) is 1. The molecule has 0 saturated carbocycles. The molecule has 0 atom stereocenters. The molecular weight excluding hydrogens is 332 g/mol. The van der Waals surface area contributed by atoms with Crippen molar-refractivity contribution in [2.24, 2.45) is 0 Å². The van der Waals surface area contributed by atoms with Gasteiger partial charge in [0.2, 0.25) is 0 Å². The number of aromatic hydroxyl groups is 1. The predicted octanol–water partition coefficient (Wildman–Crippen LogP) is 4.05. The molecule has 2 aromatic carbocycles. The molecule has 0 saturated heterocycles. The number of unbranched alkanes of at least 4 members (excludes halogenated alkanes) is 1. The first-order chi connectivity index (χ1) is 12.6. The molecular formula is C21H20O5. The van der Waals surface area contributed by atoms with E-state index in [1.807, 2.05) is 6.92 Å². The number of para-hydroxylation sites is 1. The molecule has 3 aromatic rings. The van der Waals surface area contributed by atoms with Crippen LogP contribution in [0.25, 0.3) is 11.0 Å². The number of carbonyl (C=O) groups is 1. The van der Waals surface area contributed by atoms with Gasteiger partial charge in [-0.1, -0.05) is 37.6 Å². The first kappa shape index (κ1) is 17.7. The first-order valence-electron chi connectivity index (χ1n) is 8.60. The zero-order valence-corrected chi connectivity index (χ0v) is 14.5.